The molecule has 2 aromatic rings. The molecule has 0 aromatic heterocycles. The molecule has 8 heteroatoms. The van der Waals surface area contributed by atoms with Crippen molar-refractivity contribution in [2.75, 3.05) is 0 Å². The molecule has 0 N–H and O–H groups in total. The Morgan fingerprint density at radius 1 is 0.750 bits per heavy atom. The van der Waals surface area contributed by atoms with Crippen LogP contribution in [0.5, 0.6) is 0 Å². The molecule has 0 radical (unpaired) electrons. The van der Waals surface area contributed by atoms with E-state index in [1.165, 1.54) is 0 Å². The molecule has 0 aliphatic heterocycles. The van der Waals surface area contributed by atoms with Crippen molar-refractivity contribution in [2.45, 2.75) is 89.3 Å². The molecule has 36 heavy (non-hydrogen) atoms. The fourth-order valence-electron chi connectivity index (χ4n) is 5.96. The normalized spacial score (nSPS) is 25.2. The van der Waals surface area contributed by atoms with Crippen LogP contribution in [0, 0.1) is 40.9 Å². The Balaban J connectivity index is 1.29. The van der Waals surface area contributed by atoms with Gasteiger partial charge in [-0.1, -0.05) is 25.5 Å². The van der Waals surface area contributed by atoms with Crippen LogP contribution in [-0.2, 0) is 17.3 Å². The van der Waals surface area contributed by atoms with Crippen molar-refractivity contribution < 1.29 is 35.5 Å². The molecule has 2 fully saturated rings. The number of hydrogen-bond acceptors (Lipinski definition) is 1. The molecular formula is C28H31F7O. The minimum absolute atomic E-state index is 0.0266. The Labute approximate surface area is 207 Å². The molecule has 0 amide bonds. The largest absolute Gasteiger partial charge is 0.383 e. The summed E-state index contributed by atoms with van der Waals surface area (Å²) in [6.45, 7) is 1.92. The third-order valence-electron chi connectivity index (χ3n) is 7.94. The summed E-state index contributed by atoms with van der Waals surface area (Å²) in [5, 5.41) is 0. The van der Waals surface area contributed by atoms with Crippen LogP contribution in [0.25, 0.3) is 0 Å². The average molecular weight is 517 g/mol. The van der Waals surface area contributed by atoms with Gasteiger partial charge in [0.1, 0.15) is 0 Å². The molecule has 0 heterocycles. The second-order valence-corrected chi connectivity index (χ2v) is 10.2. The number of ether oxygens (including phenoxy) is 1. The highest BCUT2D eigenvalue weighted by Crippen LogP contribution is 2.45. The van der Waals surface area contributed by atoms with E-state index in [4.69, 9.17) is 4.74 Å². The summed E-state index contributed by atoms with van der Waals surface area (Å²) < 4.78 is 103. The zero-order valence-corrected chi connectivity index (χ0v) is 20.2. The van der Waals surface area contributed by atoms with Crippen molar-refractivity contribution in [1.29, 1.82) is 0 Å². The van der Waals surface area contributed by atoms with Crippen molar-refractivity contribution in [3.63, 3.8) is 0 Å². The Morgan fingerprint density at radius 2 is 1.31 bits per heavy atom. The number of aryl methyl sites for hydroxylation is 1. The Bertz CT molecular complexity index is 1030. The molecule has 0 bridgehead atoms. The molecule has 0 saturated heterocycles. The zero-order chi connectivity index (χ0) is 26.0. The van der Waals surface area contributed by atoms with Gasteiger partial charge in [-0.15, -0.1) is 0 Å². The van der Waals surface area contributed by atoms with Gasteiger partial charge in [0.2, 0.25) is 0 Å². The molecule has 4 rings (SSSR count). The highest BCUT2D eigenvalue weighted by atomic mass is 19.3. The third-order valence-corrected chi connectivity index (χ3v) is 7.94. The predicted molar refractivity (Wildman–Crippen MR) is 122 cm³/mol. The number of alkyl halides is 2. The van der Waals surface area contributed by atoms with E-state index in [9.17, 15) is 30.7 Å². The fraction of sp³-hybridized carbons (Fsp3) is 0.571. The quantitative estimate of drug-likeness (QED) is 0.264. The smallest absolute Gasteiger partial charge is 0.313 e. The van der Waals surface area contributed by atoms with Gasteiger partial charge in [0.25, 0.3) is 0 Å². The van der Waals surface area contributed by atoms with Crippen molar-refractivity contribution >= 4 is 0 Å². The number of halogens is 7. The van der Waals surface area contributed by atoms with Crippen LogP contribution < -0.4 is 0 Å². The fourth-order valence-corrected chi connectivity index (χ4v) is 5.96. The molecular weight excluding hydrogens is 485 g/mol. The maximum absolute atomic E-state index is 14.7. The second kappa shape index (κ2) is 11.1. The van der Waals surface area contributed by atoms with Gasteiger partial charge in [0.05, 0.1) is 11.7 Å². The number of benzene rings is 2. The molecule has 0 unspecified atom stereocenters. The Kier molecular flexibility index (Phi) is 8.32. The van der Waals surface area contributed by atoms with Crippen molar-refractivity contribution in [2.24, 2.45) is 11.8 Å². The zero-order valence-electron chi connectivity index (χ0n) is 20.2. The average Bonchev–Trinajstić information content (AvgIpc) is 2.86. The molecule has 2 saturated carbocycles. The van der Waals surface area contributed by atoms with Crippen LogP contribution in [-0.4, -0.2) is 6.10 Å². The standard InChI is InChI=1S/C28H31F7O/c1-2-3-19-10-13-22(26(32)25(19)31)18-6-4-16(5-7-18)17-8-11-21(12-9-17)36-28(34,35)20-14-23(29)27(33)24(30)15-20/h10,13-18,21H,2-9,11-12H2,1H3. The lowest BCUT2D eigenvalue weighted by atomic mass is 9.69. The van der Waals surface area contributed by atoms with Crippen LogP contribution in [0.3, 0.4) is 0 Å². The van der Waals surface area contributed by atoms with E-state index < -0.39 is 46.9 Å². The highest BCUT2D eigenvalue weighted by Gasteiger charge is 2.40. The molecule has 198 valence electrons. The van der Waals surface area contributed by atoms with E-state index in [0.717, 1.165) is 32.1 Å². The first-order valence-corrected chi connectivity index (χ1v) is 12.8. The van der Waals surface area contributed by atoms with E-state index in [1.54, 1.807) is 12.1 Å². The first-order valence-electron chi connectivity index (χ1n) is 12.8. The van der Waals surface area contributed by atoms with E-state index in [-0.39, 0.29) is 18.1 Å². The first-order chi connectivity index (χ1) is 17.1. The summed E-state index contributed by atoms with van der Waals surface area (Å²) in [4.78, 5) is 0. The van der Waals surface area contributed by atoms with Gasteiger partial charge < -0.3 is 4.74 Å². The van der Waals surface area contributed by atoms with E-state index in [1.807, 2.05) is 6.92 Å². The lowest BCUT2D eigenvalue weighted by Crippen LogP contribution is -2.32. The summed E-state index contributed by atoms with van der Waals surface area (Å²) in [6, 6.07) is 3.92. The van der Waals surface area contributed by atoms with Crippen molar-refractivity contribution in [3.05, 3.63) is 70.0 Å². The summed E-state index contributed by atoms with van der Waals surface area (Å²) >= 11 is 0. The highest BCUT2D eigenvalue weighted by molar-refractivity contribution is 5.29. The molecule has 0 spiro atoms. The van der Waals surface area contributed by atoms with Crippen LogP contribution in [0.4, 0.5) is 30.7 Å². The van der Waals surface area contributed by atoms with Crippen LogP contribution in [0.2, 0.25) is 0 Å². The SMILES string of the molecule is CCCc1ccc(C2CCC(C3CCC(OC(F)(F)c4cc(F)c(F)c(F)c4)CC3)CC2)c(F)c1F. The lowest BCUT2D eigenvalue weighted by Gasteiger charge is -2.38. The van der Waals surface area contributed by atoms with Crippen LogP contribution in [0.1, 0.15) is 87.3 Å². The summed E-state index contributed by atoms with van der Waals surface area (Å²) in [5.41, 5.74) is -0.198. The Hall–Kier alpha value is -2.09. The molecule has 2 aliphatic carbocycles. The molecule has 2 aliphatic rings. The summed E-state index contributed by atoms with van der Waals surface area (Å²) in [5.74, 6) is -5.96. The van der Waals surface area contributed by atoms with Gasteiger partial charge in [0.15, 0.2) is 29.1 Å². The minimum Gasteiger partial charge on any atom is -0.313 e. The van der Waals surface area contributed by atoms with Gasteiger partial charge in [-0.2, -0.15) is 8.78 Å². The van der Waals surface area contributed by atoms with Crippen LogP contribution in [0.15, 0.2) is 24.3 Å². The summed E-state index contributed by atoms with van der Waals surface area (Å²) in [7, 11) is 0. The van der Waals surface area contributed by atoms with Gasteiger partial charge in [-0.05, 0) is 98.8 Å². The minimum atomic E-state index is -3.93. The molecule has 2 aromatic carbocycles. The monoisotopic (exact) mass is 516 g/mol. The lowest BCUT2D eigenvalue weighted by molar-refractivity contribution is -0.278. The number of hydrogen-bond donors (Lipinski definition) is 0. The maximum Gasteiger partial charge on any atom is 0.383 e. The van der Waals surface area contributed by atoms with Crippen molar-refractivity contribution in [3.8, 4) is 0 Å². The van der Waals surface area contributed by atoms with Crippen molar-refractivity contribution in [1.82, 2.24) is 0 Å². The van der Waals surface area contributed by atoms with Gasteiger partial charge in [0, 0.05) is 0 Å². The second-order valence-electron chi connectivity index (χ2n) is 10.2. The van der Waals surface area contributed by atoms with Gasteiger partial charge in [-0.25, -0.2) is 22.0 Å². The van der Waals surface area contributed by atoms with E-state index >= 15 is 0 Å². The van der Waals surface area contributed by atoms with Crippen LogP contribution >= 0.6 is 0 Å². The summed E-state index contributed by atoms with van der Waals surface area (Å²) in [6.07, 6.45) is 1.89. The van der Waals surface area contributed by atoms with Gasteiger partial charge in [-0.3, -0.25) is 0 Å². The molecule has 0 atom stereocenters. The van der Waals surface area contributed by atoms with E-state index in [0.29, 0.717) is 55.1 Å². The topological polar surface area (TPSA) is 9.23 Å². The third kappa shape index (κ3) is 5.74. The predicted octanol–water partition coefficient (Wildman–Crippen LogP) is 8.93. The first kappa shape index (κ1) is 27.0. The maximum atomic E-state index is 14.7. The van der Waals surface area contributed by atoms with E-state index in [2.05, 4.69) is 0 Å². The number of rotatable bonds is 7. The Morgan fingerprint density at radius 3 is 1.86 bits per heavy atom. The van der Waals surface area contributed by atoms with Gasteiger partial charge >= 0.3 is 6.11 Å². The molecule has 1 nitrogen and oxygen atoms in total.